The molecule has 0 spiro atoms. The number of nitrogens with zero attached hydrogens (tertiary/aromatic N) is 2. The zero-order valence-electron chi connectivity index (χ0n) is 41.3. The molecule has 0 aliphatic heterocycles. The highest BCUT2D eigenvalue weighted by Crippen LogP contribution is 2.46. The predicted molar refractivity (Wildman–Crippen MR) is 322 cm³/mol. The number of fused-ring (bicyclic) bond motifs is 7. The van der Waals surface area contributed by atoms with Crippen molar-refractivity contribution >= 4 is 100 Å². The number of aromatic nitrogens is 1. The molecule has 0 bridgehead atoms. The van der Waals surface area contributed by atoms with Gasteiger partial charge in [0.05, 0.1) is 22.4 Å². The number of benzene rings is 13. The standard InChI is InChI=1S/C72H50N2Si/c1-4-25-58(26-5-1)75(59-27-6-2-7-28-59,60-29-8-3-9-30-60)61-31-18-24-54(49-61)51-41-45-56(46-42-51)73(57-47-43-53(44-48-57)63-37-19-23-52-21-10-12-32-62(52)63)69-39-20-40-70-72(69)67-36-16-17-38-68(67)74(70)71-50-55-22-11-13-33-64(55)65-34-14-15-35-66(65)71/h1-50H. The molecule has 1 heterocycles. The normalized spacial score (nSPS) is 11.7. The molecule has 14 rings (SSSR count). The first-order valence-corrected chi connectivity index (χ1v) is 27.9. The Bertz CT molecular complexity index is 4290. The SMILES string of the molecule is c1ccc([Si](c2ccccc2)(c2ccccc2)c2cccc(-c3ccc(N(c4ccc(-c5cccc6ccccc56)cc4)c4cccc5c4c4ccccc4n5-c4cc5ccccc5c5ccccc45)cc3)c2)cc1. The molecule has 0 fully saturated rings. The van der Waals surface area contributed by atoms with Crippen molar-refractivity contribution in [2.24, 2.45) is 0 Å². The molecule has 0 radical (unpaired) electrons. The fraction of sp³-hybridized carbons (Fsp3) is 0. The van der Waals surface area contributed by atoms with Crippen LogP contribution >= 0.6 is 0 Å². The molecule has 0 aliphatic carbocycles. The number of hydrogen-bond acceptors (Lipinski definition) is 1. The summed E-state index contributed by atoms with van der Waals surface area (Å²) in [6, 6.07) is 112. The quantitative estimate of drug-likeness (QED) is 0.0753. The Labute approximate surface area is 438 Å². The van der Waals surface area contributed by atoms with Crippen LogP contribution in [0.2, 0.25) is 0 Å². The van der Waals surface area contributed by atoms with E-state index in [0.717, 1.165) is 22.6 Å². The van der Waals surface area contributed by atoms with Crippen LogP contribution in [0.5, 0.6) is 0 Å². The molecule has 352 valence electrons. The maximum atomic E-state index is 2.49. The number of para-hydroxylation sites is 1. The van der Waals surface area contributed by atoms with Crippen LogP contribution in [-0.2, 0) is 0 Å². The van der Waals surface area contributed by atoms with Gasteiger partial charge in [-0.05, 0) is 118 Å². The van der Waals surface area contributed by atoms with Gasteiger partial charge >= 0.3 is 0 Å². The van der Waals surface area contributed by atoms with Gasteiger partial charge in [-0.3, -0.25) is 0 Å². The lowest BCUT2D eigenvalue weighted by atomic mass is 9.98. The van der Waals surface area contributed by atoms with Crippen molar-refractivity contribution < 1.29 is 0 Å². The molecule has 0 atom stereocenters. The van der Waals surface area contributed by atoms with Gasteiger partial charge in [-0.15, -0.1) is 0 Å². The van der Waals surface area contributed by atoms with E-state index < -0.39 is 8.07 Å². The molecular formula is C72H50N2Si. The van der Waals surface area contributed by atoms with E-state index in [2.05, 4.69) is 313 Å². The highest BCUT2D eigenvalue weighted by molar-refractivity contribution is 7.19. The van der Waals surface area contributed by atoms with Crippen LogP contribution in [0.3, 0.4) is 0 Å². The smallest absolute Gasteiger partial charge is 0.179 e. The third-order valence-corrected chi connectivity index (χ3v) is 20.3. The molecule has 0 saturated carbocycles. The molecule has 0 amide bonds. The van der Waals surface area contributed by atoms with Gasteiger partial charge in [0.15, 0.2) is 8.07 Å². The Hall–Kier alpha value is -9.54. The Balaban J connectivity index is 0.952. The van der Waals surface area contributed by atoms with E-state index in [1.807, 2.05) is 0 Å². The van der Waals surface area contributed by atoms with E-state index in [9.17, 15) is 0 Å². The zero-order chi connectivity index (χ0) is 49.7. The average molecular weight is 971 g/mol. The highest BCUT2D eigenvalue weighted by atomic mass is 28.3. The second-order valence-electron chi connectivity index (χ2n) is 19.6. The van der Waals surface area contributed by atoms with E-state index >= 15 is 0 Å². The van der Waals surface area contributed by atoms with Crippen LogP contribution in [0.25, 0.3) is 82.1 Å². The minimum atomic E-state index is -2.74. The lowest BCUT2D eigenvalue weighted by Crippen LogP contribution is -2.74. The summed E-state index contributed by atoms with van der Waals surface area (Å²) in [7, 11) is -2.74. The van der Waals surface area contributed by atoms with Gasteiger partial charge in [0.25, 0.3) is 0 Å². The summed E-state index contributed by atoms with van der Waals surface area (Å²) >= 11 is 0. The topological polar surface area (TPSA) is 8.17 Å². The summed E-state index contributed by atoms with van der Waals surface area (Å²) in [5.41, 5.74) is 11.5. The summed E-state index contributed by atoms with van der Waals surface area (Å²) in [6.45, 7) is 0. The maximum Gasteiger partial charge on any atom is 0.179 e. The molecule has 2 nitrogen and oxygen atoms in total. The molecule has 75 heavy (non-hydrogen) atoms. The van der Waals surface area contributed by atoms with E-state index in [1.54, 1.807) is 0 Å². The van der Waals surface area contributed by atoms with E-state index in [-0.39, 0.29) is 0 Å². The van der Waals surface area contributed by atoms with Crippen LogP contribution in [0.15, 0.2) is 303 Å². The monoisotopic (exact) mass is 970 g/mol. The van der Waals surface area contributed by atoms with Crippen molar-refractivity contribution in [2.75, 3.05) is 4.90 Å². The Kier molecular flexibility index (Phi) is 10.9. The summed E-state index contributed by atoms with van der Waals surface area (Å²) in [4.78, 5) is 2.46. The Morgan fingerprint density at radius 1 is 0.280 bits per heavy atom. The first-order chi connectivity index (χ1) is 37.2. The first kappa shape index (κ1) is 44.2. The van der Waals surface area contributed by atoms with Crippen molar-refractivity contribution in [3.8, 4) is 27.9 Å². The van der Waals surface area contributed by atoms with Gasteiger partial charge in [0.2, 0.25) is 0 Å². The molecular weight excluding hydrogens is 921 g/mol. The van der Waals surface area contributed by atoms with Gasteiger partial charge in [-0.2, -0.15) is 0 Å². The lowest BCUT2D eigenvalue weighted by Gasteiger charge is -2.34. The van der Waals surface area contributed by atoms with Gasteiger partial charge in [-0.25, -0.2) is 0 Å². The zero-order valence-corrected chi connectivity index (χ0v) is 42.3. The van der Waals surface area contributed by atoms with E-state index in [1.165, 1.54) is 97.3 Å². The van der Waals surface area contributed by atoms with Crippen molar-refractivity contribution in [1.29, 1.82) is 0 Å². The molecule has 13 aromatic carbocycles. The minimum Gasteiger partial charge on any atom is -0.310 e. The molecule has 0 aliphatic rings. The lowest BCUT2D eigenvalue weighted by molar-refractivity contribution is 1.20. The van der Waals surface area contributed by atoms with Gasteiger partial charge < -0.3 is 9.47 Å². The van der Waals surface area contributed by atoms with E-state index in [0.29, 0.717) is 0 Å². The van der Waals surface area contributed by atoms with Crippen LogP contribution < -0.4 is 25.6 Å². The van der Waals surface area contributed by atoms with Gasteiger partial charge in [-0.1, -0.05) is 255 Å². The fourth-order valence-corrected chi connectivity index (χ4v) is 17.0. The number of hydrogen-bond donors (Lipinski definition) is 0. The molecule has 14 aromatic rings. The fourth-order valence-electron chi connectivity index (χ4n) is 12.2. The summed E-state index contributed by atoms with van der Waals surface area (Å²) < 4.78 is 2.49. The van der Waals surface area contributed by atoms with Crippen LogP contribution in [0.4, 0.5) is 17.1 Å². The van der Waals surface area contributed by atoms with Crippen molar-refractivity contribution in [2.45, 2.75) is 0 Å². The third kappa shape index (κ3) is 7.39. The minimum absolute atomic E-state index is 1.08. The Morgan fingerprint density at radius 2 is 0.760 bits per heavy atom. The largest absolute Gasteiger partial charge is 0.310 e. The molecule has 1 aromatic heterocycles. The average Bonchev–Trinajstić information content (AvgIpc) is 3.83. The van der Waals surface area contributed by atoms with E-state index in [4.69, 9.17) is 0 Å². The number of anilines is 3. The third-order valence-electron chi connectivity index (χ3n) is 15.5. The molecule has 0 saturated heterocycles. The van der Waals surface area contributed by atoms with Crippen molar-refractivity contribution in [1.82, 2.24) is 4.57 Å². The second kappa shape index (κ2) is 18.5. The van der Waals surface area contributed by atoms with Crippen LogP contribution in [0, 0.1) is 0 Å². The highest BCUT2D eigenvalue weighted by Gasteiger charge is 2.41. The second-order valence-corrected chi connectivity index (χ2v) is 23.4. The Morgan fingerprint density at radius 3 is 1.43 bits per heavy atom. The van der Waals surface area contributed by atoms with Gasteiger partial charge in [0.1, 0.15) is 0 Å². The van der Waals surface area contributed by atoms with Crippen LogP contribution in [0.1, 0.15) is 0 Å². The van der Waals surface area contributed by atoms with Crippen molar-refractivity contribution in [3.05, 3.63) is 303 Å². The predicted octanol–water partition coefficient (Wildman–Crippen LogP) is 16.4. The summed E-state index contributed by atoms with van der Waals surface area (Å²) in [6.07, 6.45) is 0. The molecule has 3 heteroatoms. The number of rotatable bonds is 10. The first-order valence-electron chi connectivity index (χ1n) is 25.9. The van der Waals surface area contributed by atoms with Gasteiger partial charge in [0, 0.05) is 27.5 Å². The summed E-state index contributed by atoms with van der Waals surface area (Å²) in [5.74, 6) is 0. The van der Waals surface area contributed by atoms with Crippen LogP contribution in [-0.4, -0.2) is 12.6 Å². The summed E-state index contributed by atoms with van der Waals surface area (Å²) in [5, 5.41) is 15.3. The molecule has 0 unspecified atom stereocenters. The maximum absolute atomic E-state index is 2.74. The molecule has 0 N–H and O–H groups in total. The van der Waals surface area contributed by atoms with Crippen molar-refractivity contribution in [3.63, 3.8) is 0 Å².